The summed E-state index contributed by atoms with van der Waals surface area (Å²) >= 11 is 0. The van der Waals surface area contributed by atoms with Crippen LogP contribution in [0.4, 0.5) is 0 Å². The monoisotopic (exact) mass is 335 g/mol. The normalized spacial score (nSPS) is 10.8. The molecule has 5 heteroatoms. The molecule has 0 N–H and O–H groups in total. The highest BCUT2D eigenvalue weighted by Crippen LogP contribution is 2.08. The lowest BCUT2D eigenvalue weighted by Crippen LogP contribution is -2.32. The van der Waals surface area contributed by atoms with Gasteiger partial charge in [0.25, 0.3) is 5.56 Å². The lowest BCUT2D eigenvalue weighted by Gasteiger charge is -2.21. The molecule has 1 heterocycles. The van der Waals surface area contributed by atoms with Crippen LogP contribution in [0.5, 0.6) is 0 Å². The fourth-order valence-electron chi connectivity index (χ4n) is 2.82. The van der Waals surface area contributed by atoms with Crippen LogP contribution in [0.15, 0.2) is 65.7 Å². The van der Waals surface area contributed by atoms with Gasteiger partial charge in [-0.2, -0.15) is 0 Å². The van der Waals surface area contributed by atoms with Crippen molar-refractivity contribution in [3.05, 3.63) is 76.8 Å². The average molecular weight is 335 g/mol. The van der Waals surface area contributed by atoms with E-state index in [1.807, 2.05) is 55.5 Å². The summed E-state index contributed by atoms with van der Waals surface area (Å²) in [5, 5.41) is 0.578. The van der Waals surface area contributed by atoms with E-state index in [1.165, 1.54) is 10.9 Å². The molecule has 0 saturated carbocycles. The standard InChI is InChI=1S/C20H21N3O2/c1-2-22(14-16-8-4-3-5-9-16)19(24)12-13-23-15-21-18-11-7-6-10-17(18)20(23)25/h3-11,15H,2,12-14H2,1H3. The summed E-state index contributed by atoms with van der Waals surface area (Å²) in [5.41, 5.74) is 1.67. The largest absolute Gasteiger partial charge is 0.339 e. The van der Waals surface area contributed by atoms with Gasteiger partial charge >= 0.3 is 0 Å². The second-order valence-corrected chi connectivity index (χ2v) is 5.90. The van der Waals surface area contributed by atoms with E-state index < -0.39 is 0 Å². The predicted octanol–water partition coefficient (Wildman–Crippen LogP) is 2.84. The summed E-state index contributed by atoms with van der Waals surface area (Å²) in [6.45, 7) is 3.52. The molecule has 0 radical (unpaired) electrons. The quantitative estimate of drug-likeness (QED) is 0.696. The molecule has 0 fully saturated rings. The van der Waals surface area contributed by atoms with Gasteiger partial charge in [0.1, 0.15) is 0 Å². The van der Waals surface area contributed by atoms with Gasteiger partial charge in [0.2, 0.25) is 5.91 Å². The molecule has 3 rings (SSSR count). The third kappa shape index (κ3) is 3.94. The first kappa shape index (κ1) is 16.9. The van der Waals surface area contributed by atoms with Gasteiger partial charge in [-0.1, -0.05) is 42.5 Å². The molecule has 0 bridgehead atoms. The zero-order chi connectivity index (χ0) is 17.6. The molecule has 1 amide bonds. The highest BCUT2D eigenvalue weighted by atomic mass is 16.2. The number of hydrogen-bond acceptors (Lipinski definition) is 3. The van der Waals surface area contributed by atoms with Crippen LogP contribution in [0.25, 0.3) is 10.9 Å². The topological polar surface area (TPSA) is 55.2 Å². The minimum atomic E-state index is -0.107. The first-order chi connectivity index (χ1) is 12.2. The summed E-state index contributed by atoms with van der Waals surface area (Å²) in [4.78, 5) is 31.1. The first-order valence-electron chi connectivity index (χ1n) is 8.45. The molecule has 0 aliphatic rings. The molecule has 3 aromatic rings. The third-order valence-electron chi connectivity index (χ3n) is 4.25. The van der Waals surface area contributed by atoms with Gasteiger partial charge in [0, 0.05) is 26.1 Å². The van der Waals surface area contributed by atoms with Crippen molar-refractivity contribution >= 4 is 16.8 Å². The molecular weight excluding hydrogens is 314 g/mol. The zero-order valence-electron chi connectivity index (χ0n) is 14.3. The minimum Gasteiger partial charge on any atom is -0.339 e. The van der Waals surface area contributed by atoms with Crippen molar-refractivity contribution in [2.75, 3.05) is 6.54 Å². The van der Waals surface area contributed by atoms with Crippen molar-refractivity contribution in [1.29, 1.82) is 0 Å². The Morgan fingerprint density at radius 2 is 1.80 bits per heavy atom. The van der Waals surface area contributed by atoms with E-state index in [-0.39, 0.29) is 17.9 Å². The highest BCUT2D eigenvalue weighted by molar-refractivity contribution is 5.77. The maximum absolute atomic E-state index is 12.5. The molecule has 0 aliphatic carbocycles. The third-order valence-corrected chi connectivity index (χ3v) is 4.25. The van der Waals surface area contributed by atoms with Crippen LogP contribution in [0.2, 0.25) is 0 Å². The van der Waals surface area contributed by atoms with Crippen molar-refractivity contribution in [1.82, 2.24) is 14.5 Å². The van der Waals surface area contributed by atoms with E-state index in [2.05, 4.69) is 4.98 Å². The SMILES string of the molecule is CCN(Cc1ccccc1)C(=O)CCn1cnc2ccccc2c1=O. The van der Waals surface area contributed by atoms with E-state index in [9.17, 15) is 9.59 Å². The van der Waals surface area contributed by atoms with Crippen molar-refractivity contribution in [3.8, 4) is 0 Å². The molecule has 0 atom stereocenters. The van der Waals surface area contributed by atoms with Gasteiger partial charge in [0.05, 0.1) is 17.2 Å². The number of carbonyl (C=O) groups is 1. The molecule has 128 valence electrons. The van der Waals surface area contributed by atoms with Crippen LogP contribution in [-0.2, 0) is 17.9 Å². The number of aromatic nitrogens is 2. The fourth-order valence-corrected chi connectivity index (χ4v) is 2.82. The van der Waals surface area contributed by atoms with Crippen LogP contribution < -0.4 is 5.56 Å². The molecule has 0 unspecified atom stereocenters. The second kappa shape index (κ2) is 7.75. The summed E-state index contributed by atoms with van der Waals surface area (Å²) < 4.78 is 1.51. The van der Waals surface area contributed by atoms with Gasteiger partial charge in [-0.05, 0) is 24.6 Å². The van der Waals surface area contributed by atoms with E-state index in [4.69, 9.17) is 0 Å². The summed E-state index contributed by atoms with van der Waals surface area (Å²) in [6, 6.07) is 17.1. The van der Waals surface area contributed by atoms with Gasteiger partial charge < -0.3 is 4.90 Å². The Kier molecular flexibility index (Phi) is 5.23. The average Bonchev–Trinajstić information content (AvgIpc) is 2.66. The lowest BCUT2D eigenvalue weighted by atomic mass is 10.2. The Labute approximate surface area is 146 Å². The number of aryl methyl sites for hydroxylation is 1. The predicted molar refractivity (Wildman–Crippen MR) is 98.2 cm³/mol. The van der Waals surface area contributed by atoms with E-state index in [0.717, 1.165) is 5.56 Å². The smallest absolute Gasteiger partial charge is 0.261 e. The maximum Gasteiger partial charge on any atom is 0.261 e. The van der Waals surface area contributed by atoms with Crippen LogP contribution in [0.1, 0.15) is 18.9 Å². The summed E-state index contributed by atoms with van der Waals surface area (Å²) in [7, 11) is 0. The summed E-state index contributed by atoms with van der Waals surface area (Å²) in [5.74, 6) is 0.0337. The van der Waals surface area contributed by atoms with E-state index >= 15 is 0 Å². The zero-order valence-corrected chi connectivity index (χ0v) is 14.3. The van der Waals surface area contributed by atoms with Crippen molar-refractivity contribution in [2.45, 2.75) is 26.4 Å². The van der Waals surface area contributed by atoms with Gasteiger partial charge in [0.15, 0.2) is 0 Å². The number of benzene rings is 2. The van der Waals surface area contributed by atoms with Crippen molar-refractivity contribution in [2.24, 2.45) is 0 Å². The molecule has 1 aromatic heterocycles. The van der Waals surface area contributed by atoms with Crippen LogP contribution in [-0.4, -0.2) is 26.9 Å². The lowest BCUT2D eigenvalue weighted by molar-refractivity contribution is -0.131. The molecule has 0 saturated heterocycles. The highest BCUT2D eigenvalue weighted by Gasteiger charge is 2.13. The Morgan fingerprint density at radius 1 is 1.08 bits per heavy atom. The van der Waals surface area contributed by atoms with Crippen molar-refractivity contribution in [3.63, 3.8) is 0 Å². The van der Waals surface area contributed by atoms with Gasteiger partial charge in [-0.15, -0.1) is 0 Å². The van der Waals surface area contributed by atoms with Crippen LogP contribution in [0.3, 0.4) is 0 Å². The number of carbonyl (C=O) groups excluding carboxylic acids is 1. The number of amides is 1. The van der Waals surface area contributed by atoms with E-state index in [1.54, 1.807) is 11.0 Å². The Hall–Kier alpha value is -2.95. The first-order valence-corrected chi connectivity index (χ1v) is 8.45. The van der Waals surface area contributed by atoms with Gasteiger partial charge in [-0.3, -0.25) is 14.2 Å². The number of rotatable bonds is 6. The molecule has 0 aliphatic heterocycles. The molecule has 5 nitrogen and oxygen atoms in total. The number of nitrogens with zero attached hydrogens (tertiary/aromatic N) is 3. The van der Waals surface area contributed by atoms with Gasteiger partial charge in [-0.25, -0.2) is 4.98 Å². The fraction of sp³-hybridized carbons (Fsp3) is 0.250. The number of fused-ring (bicyclic) bond motifs is 1. The minimum absolute atomic E-state index is 0.0337. The summed E-state index contributed by atoms with van der Waals surface area (Å²) in [6.07, 6.45) is 1.80. The Balaban J connectivity index is 1.69. The van der Waals surface area contributed by atoms with Crippen LogP contribution >= 0.6 is 0 Å². The molecule has 2 aromatic carbocycles. The Bertz CT molecular complexity index is 919. The van der Waals surface area contributed by atoms with E-state index in [0.29, 0.717) is 30.5 Å². The molecule has 25 heavy (non-hydrogen) atoms. The maximum atomic E-state index is 12.5. The number of para-hydroxylation sites is 1. The van der Waals surface area contributed by atoms with Crippen molar-refractivity contribution < 1.29 is 4.79 Å². The Morgan fingerprint density at radius 3 is 2.56 bits per heavy atom. The molecule has 0 spiro atoms. The number of hydrogen-bond donors (Lipinski definition) is 0. The molecular formula is C20H21N3O2. The second-order valence-electron chi connectivity index (χ2n) is 5.90. The van der Waals surface area contributed by atoms with Crippen LogP contribution in [0, 0.1) is 0 Å².